The molecule has 5 nitrogen and oxygen atoms in total. The van der Waals surface area contributed by atoms with Gasteiger partial charge in [0.15, 0.2) is 5.16 Å². The first-order chi connectivity index (χ1) is 10.6. The van der Waals surface area contributed by atoms with E-state index in [1.807, 2.05) is 48.9 Å². The maximum atomic E-state index is 12.2. The van der Waals surface area contributed by atoms with Gasteiger partial charge in [-0.2, -0.15) is 0 Å². The highest BCUT2D eigenvalue weighted by Crippen LogP contribution is 2.17. The average Bonchev–Trinajstić information content (AvgIpc) is 2.87. The highest BCUT2D eigenvalue weighted by molar-refractivity contribution is 7.99. The molecule has 0 bridgehead atoms. The SMILES string of the molecule is C=CCn1c(C)nnc1SCC(=O)N(C)Cc1ccccc1. The van der Waals surface area contributed by atoms with E-state index in [-0.39, 0.29) is 5.91 Å². The first-order valence-electron chi connectivity index (χ1n) is 7.03. The molecule has 0 saturated heterocycles. The number of hydrogen-bond donors (Lipinski definition) is 0. The van der Waals surface area contributed by atoms with E-state index in [1.165, 1.54) is 11.8 Å². The Morgan fingerprint density at radius 3 is 2.77 bits per heavy atom. The van der Waals surface area contributed by atoms with Gasteiger partial charge in [0.05, 0.1) is 5.75 Å². The second-order valence-corrected chi connectivity index (χ2v) is 5.90. The first-order valence-corrected chi connectivity index (χ1v) is 8.01. The molecule has 1 heterocycles. The van der Waals surface area contributed by atoms with E-state index in [9.17, 15) is 4.79 Å². The Morgan fingerprint density at radius 1 is 1.36 bits per heavy atom. The lowest BCUT2D eigenvalue weighted by molar-refractivity contribution is -0.127. The van der Waals surface area contributed by atoms with Gasteiger partial charge in [-0.3, -0.25) is 4.79 Å². The van der Waals surface area contributed by atoms with E-state index in [2.05, 4.69) is 16.8 Å². The van der Waals surface area contributed by atoms with Gasteiger partial charge in [0.25, 0.3) is 0 Å². The highest BCUT2D eigenvalue weighted by atomic mass is 32.2. The Labute approximate surface area is 135 Å². The molecule has 0 radical (unpaired) electrons. The minimum Gasteiger partial charge on any atom is -0.341 e. The van der Waals surface area contributed by atoms with Gasteiger partial charge in [-0.15, -0.1) is 16.8 Å². The van der Waals surface area contributed by atoms with Crippen LogP contribution in [0.4, 0.5) is 0 Å². The summed E-state index contributed by atoms with van der Waals surface area (Å²) in [5.41, 5.74) is 1.12. The number of carbonyl (C=O) groups excluding carboxylic acids is 1. The smallest absolute Gasteiger partial charge is 0.233 e. The summed E-state index contributed by atoms with van der Waals surface area (Å²) in [4.78, 5) is 13.9. The molecular formula is C16H20N4OS. The van der Waals surface area contributed by atoms with Crippen LogP contribution in [0.25, 0.3) is 0 Å². The predicted octanol–water partition coefficient (Wildman–Crippen LogP) is 2.52. The maximum absolute atomic E-state index is 12.2. The third kappa shape index (κ3) is 4.21. The molecule has 0 unspecified atom stereocenters. The molecule has 1 aromatic carbocycles. The quantitative estimate of drug-likeness (QED) is 0.582. The van der Waals surface area contributed by atoms with Crippen molar-refractivity contribution in [3.05, 3.63) is 54.4 Å². The normalized spacial score (nSPS) is 10.5. The number of nitrogens with zero attached hydrogens (tertiary/aromatic N) is 4. The molecule has 0 atom stereocenters. The molecule has 0 aliphatic carbocycles. The summed E-state index contributed by atoms with van der Waals surface area (Å²) < 4.78 is 1.95. The van der Waals surface area contributed by atoms with E-state index in [1.54, 1.807) is 11.0 Å². The summed E-state index contributed by atoms with van der Waals surface area (Å²) in [7, 11) is 1.82. The highest BCUT2D eigenvalue weighted by Gasteiger charge is 2.13. The van der Waals surface area contributed by atoms with E-state index in [0.29, 0.717) is 18.8 Å². The minimum absolute atomic E-state index is 0.0691. The molecule has 22 heavy (non-hydrogen) atoms. The van der Waals surface area contributed by atoms with Gasteiger partial charge in [0, 0.05) is 20.1 Å². The van der Waals surface area contributed by atoms with Gasteiger partial charge in [-0.25, -0.2) is 0 Å². The van der Waals surface area contributed by atoms with Crippen molar-refractivity contribution in [1.82, 2.24) is 19.7 Å². The molecule has 1 aromatic heterocycles. The molecule has 0 spiro atoms. The van der Waals surface area contributed by atoms with Gasteiger partial charge < -0.3 is 9.47 Å². The Morgan fingerprint density at radius 2 is 2.09 bits per heavy atom. The van der Waals surface area contributed by atoms with Crippen molar-refractivity contribution in [2.45, 2.75) is 25.2 Å². The Kier molecular flexibility index (Phi) is 5.77. The number of carbonyl (C=O) groups is 1. The van der Waals surface area contributed by atoms with Gasteiger partial charge in [0.2, 0.25) is 5.91 Å². The fourth-order valence-electron chi connectivity index (χ4n) is 1.99. The molecule has 0 aliphatic heterocycles. The Hall–Kier alpha value is -2.08. The van der Waals surface area contributed by atoms with Crippen LogP contribution in [0, 0.1) is 6.92 Å². The third-order valence-corrected chi connectivity index (χ3v) is 4.18. The zero-order valence-electron chi connectivity index (χ0n) is 12.9. The monoisotopic (exact) mass is 316 g/mol. The summed E-state index contributed by atoms with van der Waals surface area (Å²) in [5, 5.41) is 8.90. The fraction of sp³-hybridized carbons (Fsp3) is 0.312. The van der Waals surface area contributed by atoms with E-state index in [4.69, 9.17) is 0 Å². The standard InChI is InChI=1S/C16H20N4OS/c1-4-10-20-13(2)17-18-16(20)22-12-15(21)19(3)11-14-8-6-5-7-9-14/h4-9H,1,10-12H2,2-3H3. The van der Waals surface area contributed by atoms with Crippen LogP contribution in [-0.2, 0) is 17.9 Å². The van der Waals surface area contributed by atoms with Crippen molar-refractivity contribution in [3.63, 3.8) is 0 Å². The lowest BCUT2D eigenvalue weighted by Crippen LogP contribution is -2.27. The molecule has 1 amide bonds. The largest absolute Gasteiger partial charge is 0.341 e. The molecule has 0 fully saturated rings. The molecule has 6 heteroatoms. The molecule has 2 aromatic rings. The third-order valence-electron chi connectivity index (χ3n) is 3.23. The Balaban J connectivity index is 1.91. The van der Waals surface area contributed by atoms with E-state index in [0.717, 1.165) is 16.5 Å². The van der Waals surface area contributed by atoms with Crippen molar-refractivity contribution in [3.8, 4) is 0 Å². The van der Waals surface area contributed by atoms with Crippen LogP contribution in [0.15, 0.2) is 48.1 Å². The summed E-state index contributed by atoms with van der Waals surface area (Å²) in [6.45, 7) is 6.88. The topological polar surface area (TPSA) is 51.0 Å². The summed E-state index contributed by atoms with van der Waals surface area (Å²) in [6, 6.07) is 9.95. The second-order valence-electron chi connectivity index (χ2n) is 4.95. The lowest BCUT2D eigenvalue weighted by atomic mass is 10.2. The average molecular weight is 316 g/mol. The number of amides is 1. The molecule has 2 rings (SSSR count). The van der Waals surface area contributed by atoms with E-state index < -0.39 is 0 Å². The molecule has 0 saturated carbocycles. The van der Waals surface area contributed by atoms with Gasteiger partial charge in [-0.05, 0) is 12.5 Å². The van der Waals surface area contributed by atoms with Crippen LogP contribution in [-0.4, -0.2) is 38.4 Å². The van der Waals surface area contributed by atoms with Crippen LogP contribution >= 0.6 is 11.8 Å². The van der Waals surface area contributed by atoms with E-state index >= 15 is 0 Å². The van der Waals surface area contributed by atoms with Crippen LogP contribution < -0.4 is 0 Å². The summed E-state index contributed by atoms with van der Waals surface area (Å²) in [6.07, 6.45) is 1.80. The number of thioether (sulfide) groups is 1. The molecule has 116 valence electrons. The van der Waals surface area contributed by atoms with Crippen molar-refractivity contribution >= 4 is 17.7 Å². The van der Waals surface area contributed by atoms with Crippen LogP contribution in [0.3, 0.4) is 0 Å². The van der Waals surface area contributed by atoms with Crippen molar-refractivity contribution < 1.29 is 4.79 Å². The van der Waals surface area contributed by atoms with Gasteiger partial charge in [-0.1, -0.05) is 48.2 Å². The number of allylic oxidation sites excluding steroid dienone is 1. The number of benzene rings is 1. The number of hydrogen-bond acceptors (Lipinski definition) is 4. The number of rotatable bonds is 7. The zero-order valence-corrected chi connectivity index (χ0v) is 13.7. The number of aromatic nitrogens is 3. The zero-order chi connectivity index (χ0) is 15.9. The van der Waals surface area contributed by atoms with Crippen molar-refractivity contribution in [2.24, 2.45) is 0 Å². The second kappa shape index (κ2) is 7.79. The van der Waals surface area contributed by atoms with Crippen LogP contribution in [0.2, 0.25) is 0 Å². The van der Waals surface area contributed by atoms with Gasteiger partial charge in [0.1, 0.15) is 5.82 Å². The first kappa shape index (κ1) is 16.3. The van der Waals surface area contributed by atoms with Crippen molar-refractivity contribution in [1.29, 1.82) is 0 Å². The van der Waals surface area contributed by atoms with Crippen LogP contribution in [0.1, 0.15) is 11.4 Å². The van der Waals surface area contributed by atoms with Crippen LogP contribution in [0.5, 0.6) is 0 Å². The Bertz CT molecular complexity index is 639. The fourth-order valence-corrected chi connectivity index (χ4v) is 2.92. The summed E-state index contributed by atoms with van der Waals surface area (Å²) >= 11 is 1.41. The van der Waals surface area contributed by atoms with Gasteiger partial charge >= 0.3 is 0 Å². The molecule has 0 aliphatic rings. The predicted molar refractivity (Wildman–Crippen MR) is 88.6 cm³/mol. The summed E-state index contributed by atoms with van der Waals surface area (Å²) in [5.74, 6) is 1.24. The maximum Gasteiger partial charge on any atom is 0.233 e. The minimum atomic E-state index is 0.0691. The number of aryl methyl sites for hydroxylation is 1. The van der Waals surface area contributed by atoms with Crippen molar-refractivity contribution in [2.75, 3.05) is 12.8 Å². The lowest BCUT2D eigenvalue weighted by Gasteiger charge is -2.17. The molecule has 0 N–H and O–H groups in total. The molecular weight excluding hydrogens is 296 g/mol.